The number of aliphatic hydroxyl groups excluding tert-OH is 1. The van der Waals surface area contributed by atoms with Gasteiger partial charge in [0.25, 0.3) is 0 Å². The van der Waals surface area contributed by atoms with Crippen molar-refractivity contribution in [3.8, 4) is 17.7 Å². The molecular weight excluding hydrogens is 281 g/mol. The van der Waals surface area contributed by atoms with Crippen LogP contribution >= 0.6 is 0 Å². The van der Waals surface area contributed by atoms with Crippen molar-refractivity contribution >= 4 is 18.8 Å². The lowest BCUT2D eigenvalue weighted by Crippen LogP contribution is -2.10. The molecular formula is C15H13BN3O3. The van der Waals surface area contributed by atoms with E-state index in [1.165, 1.54) is 0 Å². The van der Waals surface area contributed by atoms with Gasteiger partial charge in [0.15, 0.2) is 0 Å². The van der Waals surface area contributed by atoms with Crippen molar-refractivity contribution in [1.82, 2.24) is 4.98 Å². The number of aromatic nitrogens is 1. The Morgan fingerprint density at radius 3 is 3.14 bits per heavy atom. The van der Waals surface area contributed by atoms with Crippen molar-refractivity contribution in [1.29, 1.82) is 5.26 Å². The van der Waals surface area contributed by atoms with Gasteiger partial charge in [0.05, 0.1) is 18.8 Å². The van der Waals surface area contributed by atoms with Gasteiger partial charge in [-0.05, 0) is 29.2 Å². The molecule has 0 saturated carbocycles. The number of anilines is 1. The minimum absolute atomic E-state index is 0.0427. The molecule has 0 saturated heterocycles. The molecule has 109 valence electrons. The van der Waals surface area contributed by atoms with E-state index < -0.39 is 0 Å². The predicted octanol–water partition coefficient (Wildman–Crippen LogP) is 0.924. The van der Waals surface area contributed by atoms with Crippen LogP contribution in [0.25, 0.3) is 0 Å². The zero-order valence-corrected chi connectivity index (χ0v) is 11.7. The first-order valence-corrected chi connectivity index (χ1v) is 6.81. The maximum absolute atomic E-state index is 9.05. The van der Waals surface area contributed by atoms with E-state index in [0.717, 1.165) is 11.0 Å². The van der Waals surface area contributed by atoms with E-state index in [2.05, 4.69) is 10.3 Å². The fraction of sp³-hybridized carbons (Fsp3) is 0.200. The first-order chi connectivity index (χ1) is 10.8. The van der Waals surface area contributed by atoms with E-state index in [0.29, 0.717) is 36.2 Å². The van der Waals surface area contributed by atoms with Crippen LogP contribution in [0, 0.1) is 11.3 Å². The van der Waals surface area contributed by atoms with Gasteiger partial charge < -0.3 is 19.8 Å². The second kappa shape index (κ2) is 6.47. The van der Waals surface area contributed by atoms with Crippen molar-refractivity contribution < 1.29 is 14.5 Å². The Labute approximate surface area is 128 Å². The van der Waals surface area contributed by atoms with Crippen molar-refractivity contribution in [3.63, 3.8) is 0 Å². The molecule has 3 rings (SSSR count). The van der Waals surface area contributed by atoms with Crippen LogP contribution in [0.5, 0.6) is 11.6 Å². The Kier molecular flexibility index (Phi) is 4.23. The molecule has 0 aliphatic carbocycles. The van der Waals surface area contributed by atoms with Gasteiger partial charge in [0.1, 0.15) is 17.6 Å². The van der Waals surface area contributed by atoms with Crippen LogP contribution in [0.4, 0.5) is 5.82 Å². The number of nitriles is 1. The van der Waals surface area contributed by atoms with Crippen LogP contribution in [-0.2, 0) is 11.3 Å². The number of hydrogen-bond donors (Lipinski definition) is 2. The lowest BCUT2D eigenvalue weighted by atomic mass is 9.87. The van der Waals surface area contributed by atoms with Crippen LogP contribution in [-0.4, -0.2) is 30.7 Å². The molecule has 0 amide bonds. The number of aliphatic hydroxyl groups is 1. The summed E-state index contributed by atoms with van der Waals surface area (Å²) in [7, 11) is 1.72. The van der Waals surface area contributed by atoms with E-state index in [-0.39, 0.29) is 6.61 Å². The van der Waals surface area contributed by atoms with E-state index >= 15 is 0 Å². The quantitative estimate of drug-likeness (QED) is 0.797. The largest absolute Gasteiger partial charge is 0.439 e. The zero-order valence-electron chi connectivity index (χ0n) is 11.7. The highest BCUT2D eigenvalue weighted by Gasteiger charge is 2.14. The van der Waals surface area contributed by atoms with Crippen LogP contribution < -0.4 is 15.5 Å². The van der Waals surface area contributed by atoms with E-state index in [1.807, 2.05) is 24.3 Å². The van der Waals surface area contributed by atoms with Crippen molar-refractivity contribution in [2.24, 2.45) is 0 Å². The number of ether oxygens (including phenoxy) is 1. The summed E-state index contributed by atoms with van der Waals surface area (Å²) in [6.45, 7) is 0.812. The van der Waals surface area contributed by atoms with Gasteiger partial charge in [-0.2, -0.15) is 10.2 Å². The number of hydrogen-bond acceptors (Lipinski definition) is 6. The van der Waals surface area contributed by atoms with E-state index in [1.54, 1.807) is 19.6 Å². The maximum atomic E-state index is 9.05. The van der Waals surface area contributed by atoms with Gasteiger partial charge in [-0.1, -0.05) is 6.07 Å². The van der Waals surface area contributed by atoms with Gasteiger partial charge in [-0.15, -0.1) is 0 Å². The van der Waals surface area contributed by atoms with Crippen molar-refractivity contribution in [2.45, 2.75) is 6.61 Å². The SMILES string of the molecule is N#Cc1ccc(Oc2ccc3c(c2)CO[B]3)nc1NCCO. The Morgan fingerprint density at radius 1 is 1.41 bits per heavy atom. The Hall–Kier alpha value is -2.56. The molecule has 7 heteroatoms. The van der Waals surface area contributed by atoms with Gasteiger partial charge in [0, 0.05) is 12.6 Å². The molecule has 1 aromatic carbocycles. The topological polar surface area (TPSA) is 87.4 Å². The lowest BCUT2D eigenvalue weighted by molar-refractivity contribution is 0.311. The molecule has 0 bridgehead atoms. The van der Waals surface area contributed by atoms with Crippen molar-refractivity contribution in [2.75, 3.05) is 18.5 Å². The fourth-order valence-electron chi connectivity index (χ4n) is 2.12. The van der Waals surface area contributed by atoms with Gasteiger partial charge in [-0.25, -0.2) is 0 Å². The molecule has 2 N–H and O–H groups in total. The molecule has 0 fully saturated rings. The third-order valence-corrected chi connectivity index (χ3v) is 3.18. The Bertz CT molecular complexity index is 730. The number of rotatable bonds is 5. The Balaban J connectivity index is 1.81. The molecule has 1 aliphatic heterocycles. The van der Waals surface area contributed by atoms with Gasteiger partial charge >= 0.3 is 7.48 Å². The van der Waals surface area contributed by atoms with Gasteiger partial charge in [0.2, 0.25) is 5.88 Å². The standard InChI is InChI=1S/C15H13BN3O3/c17-8-10-1-4-14(19-15(10)18-5-6-20)22-12-2-3-13-11(7-12)9-21-16-13/h1-4,7,20H,5-6,9H2,(H,18,19). The predicted molar refractivity (Wildman–Crippen MR) is 81.2 cm³/mol. The number of nitrogens with zero attached hydrogens (tertiary/aromatic N) is 2. The summed E-state index contributed by atoms with van der Waals surface area (Å²) in [5.41, 5.74) is 2.51. The van der Waals surface area contributed by atoms with Crippen LogP contribution in [0.3, 0.4) is 0 Å². The number of fused-ring (bicyclic) bond motifs is 1. The smallest absolute Gasteiger partial charge is 0.330 e. The normalized spacial score (nSPS) is 12.2. The average molecular weight is 294 g/mol. The molecule has 1 aromatic heterocycles. The summed E-state index contributed by atoms with van der Waals surface area (Å²) in [4.78, 5) is 4.26. The van der Waals surface area contributed by atoms with Crippen molar-refractivity contribution in [3.05, 3.63) is 41.5 Å². The number of nitrogens with one attached hydrogen (secondary N) is 1. The lowest BCUT2D eigenvalue weighted by Gasteiger charge is -2.10. The zero-order chi connectivity index (χ0) is 15.4. The average Bonchev–Trinajstić information content (AvgIpc) is 3.00. The molecule has 0 unspecified atom stereocenters. The second-order valence-corrected chi connectivity index (χ2v) is 4.70. The maximum Gasteiger partial charge on any atom is 0.330 e. The third kappa shape index (κ3) is 3.03. The summed E-state index contributed by atoms with van der Waals surface area (Å²) >= 11 is 0. The van der Waals surface area contributed by atoms with Crippen LogP contribution in [0.15, 0.2) is 30.3 Å². The van der Waals surface area contributed by atoms with E-state index in [9.17, 15) is 0 Å². The van der Waals surface area contributed by atoms with Crippen LogP contribution in [0.2, 0.25) is 0 Å². The Morgan fingerprint density at radius 2 is 2.32 bits per heavy atom. The summed E-state index contributed by atoms with van der Waals surface area (Å²) in [6, 6.07) is 11.0. The highest BCUT2D eigenvalue weighted by Crippen LogP contribution is 2.24. The van der Waals surface area contributed by atoms with E-state index in [4.69, 9.17) is 19.8 Å². The fourth-order valence-corrected chi connectivity index (χ4v) is 2.12. The monoisotopic (exact) mass is 294 g/mol. The second-order valence-electron chi connectivity index (χ2n) is 4.70. The van der Waals surface area contributed by atoms with Crippen LogP contribution in [0.1, 0.15) is 11.1 Å². The number of benzene rings is 1. The summed E-state index contributed by atoms with van der Waals surface area (Å²) in [6.07, 6.45) is 0. The summed E-state index contributed by atoms with van der Waals surface area (Å²) in [5, 5.41) is 20.8. The first-order valence-electron chi connectivity index (χ1n) is 6.81. The molecule has 22 heavy (non-hydrogen) atoms. The molecule has 1 aliphatic rings. The summed E-state index contributed by atoms with van der Waals surface area (Å²) in [5.74, 6) is 1.43. The molecule has 6 nitrogen and oxygen atoms in total. The number of pyridine rings is 1. The minimum Gasteiger partial charge on any atom is -0.439 e. The summed E-state index contributed by atoms with van der Waals surface area (Å²) < 4.78 is 11.0. The first kappa shape index (κ1) is 14.4. The molecule has 0 spiro atoms. The molecule has 2 aromatic rings. The molecule has 0 atom stereocenters. The highest BCUT2D eigenvalue weighted by molar-refractivity contribution is 6.48. The third-order valence-electron chi connectivity index (χ3n) is 3.18. The molecule has 2 heterocycles. The molecule has 1 radical (unpaired) electrons. The van der Waals surface area contributed by atoms with Gasteiger partial charge in [-0.3, -0.25) is 0 Å². The minimum atomic E-state index is -0.0427. The highest BCUT2D eigenvalue weighted by atomic mass is 16.5.